The van der Waals surface area contributed by atoms with E-state index in [1.807, 2.05) is 0 Å². The van der Waals surface area contributed by atoms with Crippen LogP contribution in [0.5, 0.6) is 0 Å². The number of carbonyl (C=O) groups excluding carboxylic acids is 1. The minimum atomic E-state index is -4.45. The SMILES string of the molecule is Cc1noc(C)c1S(=O)(=O)NC(CCCCNC1=NCCN1)(NC(=O)c1ccc2[nH]ncc2c1)C(=O)O. The fourth-order valence-corrected chi connectivity index (χ4v) is 5.71. The third-order valence-corrected chi connectivity index (χ3v) is 7.62. The Balaban J connectivity index is 1.59. The van der Waals surface area contributed by atoms with Gasteiger partial charge in [-0.3, -0.25) is 14.9 Å². The zero-order chi connectivity index (χ0) is 26.6. The molecule has 3 heterocycles. The van der Waals surface area contributed by atoms with Crippen molar-refractivity contribution in [3.63, 3.8) is 0 Å². The molecule has 1 unspecified atom stereocenters. The Hall–Kier alpha value is -3.98. The molecule has 0 bridgehead atoms. The van der Waals surface area contributed by atoms with Crippen LogP contribution in [-0.4, -0.2) is 72.0 Å². The third kappa shape index (κ3) is 5.72. The van der Waals surface area contributed by atoms with Gasteiger partial charge >= 0.3 is 5.97 Å². The van der Waals surface area contributed by atoms with Crippen LogP contribution in [0.4, 0.5) is 0 Å². The van der Waals surface area contributed by atoms with Crippen LogP contribution >= 0.6 is 0 Å². The Morgan fingerprint density at radius 1 is 1.24 bits per heavy atom. The number of aromatic nitrogens is 3. The predicted molar refractivity (Wildman–Crippen MR) is 132 cm³/mol. The number of nitrogens with zero attached hydrogens (tertiary/aromatic N) is 3. The summed E-state index contributed by atoms with van der Waals surface area (Å²) in [4.78, 5) is 29.7. The van der Waals surface area contributed by atoms with Gasteiger partial charge in [0.05, 0.1) is 18.3 Å². The van der Waals surface area contributed by atoms with E-state index >= 15 is 0 Å². The van der Waals surface area contributed by atoms with Gasteiger partial charge in [0.1, 0.15) is 10.6 Å². The molecule has 14 nitrogen and oxygen atoms in total. The quantitative estimate of drug-likeness (QED) is 0.148. The molecule has 1 aliphatic rings. The predicted octanol–water partition coefficient (Wildman–Crippen LogP) is 0.376. The van der Waals surface area contributed by atoms with Gasteiger partial charge in [0, 0.05) is 24.0 Å². The first-order chi connectivity index (χ1) is 17.6. The van der Waals surface area contributed by atoms with Gasteiger partial charge in [-0.25, -0.2) is 13.2 Å². The number of unbranched alkanes of at least 4 members (excludes halogenated alkanes) is 1. The molecule has 1 aliphatic heterocycles. The summed E-state index contributed by atoms with van der Waals surface area (Å²) in [5, 5.41) is 29.8. The molecule has 198 valence electrons. The van der Waals surface area contributed by atoms with E-state index < -0.39 is 27.6 Å². The monoisotopic (exact) mass is 532 g/mol. The highest BCUT2D eigenvalue weighted by molar-refractivity contribution is 7.89. The van der Waals surface area contributed by atoms with Crippen molar-refractivity contribution in [3.05, 3.63) is 41.4 Å². The van der Waals surface area contributed by atoms with E-state index in [9.17, 15) is 23.1 Å². The number of amides is 1. The van der Waals surface area contributed by atoms with Crippen molar-refractivity contribution in [1.82, 2.24) is 36.0 Å². The van der Waals surface area contributed by atoms with E-state index in [1.54, 1.807) is 6.07 Å². The average molecular weight is 533 g/mol. The molecule has 37 heavy (non-hydrogen) atoms. The van der Waals surface area contributed by atoms with Gasteiger partial charge in [0.2, 0.25) is 15.7 Å². The molecular weight excluding hydrogens is 504 g/mol. The molecule has 4 rings (SSSR count). The molecule has 2 aromatic heterocycles. The van der Waals surface area contributed by atoms with Gasteiger partial charge in [-0.1, -0.05) is 5.16 Å². The van der Waals surface area contributed by atoms with E-state index in [0.717, 1.165) is 6.54 Å². The lowest BCUT2D eigenvalue weighted by molar-refractivity contribution is -0.145. The number of carboxylic acids is 1. The molecule has 15 heteroatoms. The number of aryl methyl sites for hydroxylation is 2. The first-order valence-corrected chi connectivity index (χ1v) is 13.1. The van der Waals surface area contributed by atoms with E-state index in [1.165, 1.54) is 32.2 Å². The number of nitrogens with one attached hydrogen (secondary N) is 5. The van der Waals surface area contributed by atoms with Gasteiger partial charge in [-0.15, -0.1) is 0 Å². The average Bonchev–Trinajstić information content (AvgIpc) is 3.59. The number of carboxylic acid groups (broad SMARTS) is 1. The summed E-state index contributed by atoms with van der Waals surface area (Å²) in [6, 6.07) is 4.65. The van der Waals surface area contributed by atoms with E-state index in [4.69, 9.17) is 4.52 Å². The van der Waals surface area contributed by atoms with Crippen molar-refractivity contribution >= 4 is 38.8 Å². The van der Waals surface area contributed by atoms with E-state index in [0.29, 0.717) is 36.4 Å². The minimum Gasteiger partial charge on any atom is -0.478 e. The second-order valence-electron chi connectivity index (χ2n) is 8.64. The zero-order valence-corrected chi connectivity index (χ0v) is 21.1. The number of carbonyl (C=O) groups is 2. The van der Waals surface area contributed by atoms with Crippen LogP contribution in [0.15, 0.2) is 38.8 Å². The topological polar surface area (TPSA) is 204 Å². The summed E-state index contributed by atoms with van der Waals surface area (Å²) in [5.41, 5.74) is -1.45. The maximum atomic E-state index is 13.3. The Bertz CT molecular complexity index is 1430. The molecule has 1 aromatic carbocycles. The standard InChI is InChI=1S/C22H28N8O6S/c1-13-18(14(2)36-29-13)37(34,35)30-22(20(32)33,7-3-4-8-23-21-24-9-10-25-21)27-19(31)15-5-6-17-16(11-15)12-26-28-17/h5-6,11-12,30H,3-4,7-10H2,1-2H3,(H,26,28)(H,27,31)(H,32,33)(H2,23,24,25). The summed E-state index contributed by atoms with van der Waals surface area (Å²) in [7, 11) is -4.45. The lowest BCUT2D eigenvalue weighted by Gasteiger charge is -2.31. The highest BCUT2D eigenvalue weighted by Gasteiger charge is 2.45. The number of aliphatic imine (C=N–C) groups is 1. The number of guanidine groups is 1. The maximum absolute atomic E-state index is 13.3. The molecule has 1 atom stereocenters. The Kier molecular flexibility index (Phi) is 7.45. The van der Waals surface area contributed by atoms with Crippen LogP contribution in [0.25, 0.3) is 10.9 Å². The molecule has 1 amide bonds. The van der Waals surface area contributed by atoms with Gasteiger partial charge in [0.15, 0.2) is 11.7 Å². The van der Waals surface area contributed by atoms with Gasteiger partial charge in [-0.2, -0.15) is 9.82 Å². The van der Waals surface area contributed by atoms with Crippen molar-refractivity contribution in [2.24, 2.45) is 4.99 Å². The highest BCUT2D eigenvalue weighted by Crippen LogP contribution is 2.23. The number of hydrogen-bond donors (Lipinski definition) is 6. The Morgan fingerprint density at radius 3 is 2.73 bits per heavy atom. The van der Waals surface area contributed by atoms with Crippen molar-refractivity contribution < 1.29 is 27.6 Å². The summed E-state index contributed by atoms with van der Waals surface area (Å²) in [6.45, 7) is 4.72. The Morgan fingerprint density at radius 2 is 2.05 bits per heavy atom. The largest absolute Gasteiger partial charge is 0.478 e. The summed E-state index contributed by atoms with van der Waals surface area (Å²) in [6.07, 6.45) is 2.04. The van der Waals surface area contributed by atoms with Crippen molar-refractivity contribution in [3.8, 4) is 0 Å². The first-order valence-electron chi connectivity index (χ1n) is 11.6. The molecule has 0 saturated carbocycles. The lowest BCUT2D eigenvalue weighted by Crippen LogP contribution is -2.65. The summed E-state index contributed by atoms with van der Waals surface area (Å²) >= 11 is 0. The van der Waals surface area contributed by atoms with Gasteiger partial charge < -0.3 is 25.6 Å². The normalized spacial score (nSPS) is 15.1. The minimum absolute atomic E-state index is 0.00457. The molecular formula is C22H28N8O6S. The molecule has 0 radical (unpaired) electrons. The third-order valence-electron chi connectivity index (χ3n) is 5.88. The highest BCUT2D eigenvalue weighted by atomic mass is 32.2. The molecule has 0 fully saturated rings. The molecule has 3 aromatic rings. The molecule has 0 aliphatic carbocycles. The van der Waals surface area contributed by atoms with Crippen LogP contribution in [0, 0.1) is 13.8 Å². The fourth-order valence-electron chi connectivity index (χ4n) is 4.07. The van der Waals surface area contributed by atoms with Crippen LogP contribution in [0.1, 0.15) is 41.1 Å². The molecule has 6 N–H and O–H groups in total. The number of rotatable bonds is 11. The molecule has 0 spiro atoms. The fraction of sp³-hybridized carbons (Fsp3) is 0.409. The smallest absolute Gasteiger partial charge is 0.345 e. The summed E-state index contributed by atoms with van der Waals surface area (Å²) < 4.78 is 33.8. The van der Waals surface area contributed by atoms with Gasteiger partial charge in [-0.05, 0) is 51.3 Å². The van der Waals surface area contributed by atoms with E-state index in [-0.39, 0.29) is 34.8 Å². The van der Waals surface area contributed by atoms with Crippen molar-refractivity contribution in [2.45, 2.75) is 43.7 Å². The second kappa shape index (κ2) is 10.6. The number of benzene rings is 1. The second-order valence-corrected chi connectivity index (χ2v) is 10.3. The molecule has 0 saturated heterocycles. The maximum Gasteiger partial charge on any atom is 0.345 e. The number of hydrogen-bond acceptors (Lipinski definition) is 10. The number of fused-ring (bicyclic) bond motifs is 1. The van der Waals surface area contributed by atoms with Crippen LogP contribution in [0.2, 0.25) is 0 Å². The van der Waals surface area contributed by atoms with Crippen LogP contribution in [-0.2, 0) is 14.8 Å². The van der Waals surface area contributed by atoms with Crippen molar-refractivity contribution in [1.29, 1.82) is 0 Å². The van der Waals surface area contributed by atoms with E-state index in [2.05, 4.69) is 41.0 Å². The lowest BCUT2D eigenvalue weighted by atomic mass is 10.0. The van der Waals surface area contributed by atoms with Crippen LogP contribution in [0.3, 0.4) is 0 Å². The Labute approximate surface area is 212 Å². The summed E-state index contributed by atoms with van der Waals surface area (Å²) in [5.74, 6) is -1.67. The number of H-pyrrole nitrogens is 1. The van der Waals surface area contributed by atoms with Crippen LogP contribution < -0.4 is 20.7 Å². The van der Waals surface area contributed by atoms with Crippen molar-refractivity contribution in [2.75, 3.05) is 19.6 Å². The number of aromatic amines is 1. The number of sulfonamides is 1. The van der Waals surface area contributed by atoms with Gasteiger partial charge in [0.25, 0.3) is 5.91 Å². The zero-order valence-electron chi connectivity index (χ0n) is 20.3. The first kappa shape index (κ1) is 26.1. The number of aliphatic carboxylic acids is 1.